The highest BCUT2D eigenvalue weighted by Gasteiger charge is 2.33. The molecule has 0 bridgehead atoms. The molecule has 1 fully saturated rings. The molecule has 0 amide bonds. The summed E-state index contributed by atoms with van der Waals surface area (Å²) in [6, 6.07) is 0. The third-order valence-corrected chi connectivity index (χ3v) is 3.52. The van der Waals surface area contributed by atoms with E-state index in [4.69, 9.17) is 11.5 Å². The van der Waals surface area contributed by atoms with E-state index in [0.29, 0.717) is 6.54 Å². The normalized spacial score (nSPS) is 17.7. The molecule has 0 aliphatic heterocycles. The summed E-state index contributed by atoms with van der Waals surface area (Å²) in [7, 11) is 1.74. The zero-order chi connectivity index (χ0) is 12.6. The minimum Gasteiger partial charge on any atom is -0.396 e. The summed E-state index contributed by atoms with van der Waals surface area (Å²) >= 11 is 0. The van der Waals surface area contributed by atoms with Gasteiger partial charge in [-0.1, -0.05) is 18.8 Å². The van der Waals surface area contributed by atoms with Gasteiger partial charge in [-0.25, -0.2) is 0 Å². The predicted molar refractivity (Wildman–Crippen MR) is 86.2 cm³/mol. The summed E-state index contributed by atoms with van der Waals surface area (Å²) in [5.41, 5.74) is 0.239. The third-order valence-electron chi connectivity index (χ3n) is 3.52. The molecule has 0 spiro atoms. The fourth-order valence-electron chi connectivity index (χ4n) is 2.50. The van der Waals surface area contributed by atoms with Gasteiger partial charge >= 0.3 is 0 Å². The molecular formula is C13H24IN3O. The first-order chi connectivity index (χ1) is 8.26. The van der Waals surface area contributed by atoms with Crippen molar-refractivity contribution in [1.82, 2.24) is 10.6 Å². The van der Waals surface area contributed by atoms with Crippen LogP contribution in [0, 0.1) is 17.8 Å². The first kappa shape index (κ1) is 17.5. The summed E-state index contributed by atoms with van der Waals surface area (Å²) in [4.78, 5) is 4.11. The van der Waals surface area contributed by atoms with Gasteiger partial charge in [0.25, 0.3) is 0 Å². The van der Waals surface area contributed by atoms with Crippen LogP contribution in [0.25, 0.3) is 0 Å². The Labute approximate surface area is 127 Å². The molecule has 5 heteroatoms. The predicted octanol–water partition coefficient (Wildman–Crippen LogP) is 1.35. The molecule has 1 aliphatic carbocycles. The second kappa shape index (κ2) is 9.45. The van der Waals surface area contributed by atoms with Crippen LogP contribution in [0.5, 0.6) is 0 Å². The van der Waals surface area contributed by atoms with E-state index in [1.165, 1.54) is 25.7 Å². The molecule has 0 radical (unpaired) electrons. The second-order valence-corrected chi connectivity index (χ2v) is 4.66. The van der Waals surface area contributed by atoms with E-state index >= 15 is 0 Å². The van der Waals surface area contributed by atoms with Crippen LogP contribution >= 0.6 is 24.0 Å². The van der Waals surface area contributed by atoms with Gasteiger partial charge in [0.2, 0.25) is 0 Å². The van der Waals surface area contributed by atoms with E-state index in [1.54, 1.807) is 7.05 Å². The number of hydrogen-bond acceptors (Lipinski definition) is 2. The lowest BCUT2D eigenvalue weighted by Crippen LogP contribution is -2.43. The average molecular weight is 365 g/mol. The Morgan fingerprint density at radius 3 is 2.56 bits per heavy atom. The molecule has 0 saturated heterocycles. The van der Waals surface area contributed by atoms with Crippen molar-refractivity contribution in [2.45, 2.75) is 32.1 Å². The molecule has 0 heterocycles. The molecule has 0 aromatic heterocycles. The molecule has 1 saturated carbocycles. The monoisotopic (exact) mass is 365 g/mol. The Kier molecular flexibility index (Phi) is 9.20. The number of guanidine groups is 1. The number of nitrogens with zero attached hydrogens (tertiary/aromatic N) is 1. The minimum atomic E-state index is 0. The SMILES string of the molecule is C#CCNC(=NC)NCC1(CCO)CCCC1.I. The third kappa shape index (κ3) is 5.44. The van der Waals surface area contributed by atoms with Gasteiger partial charge in [-0.2, -0.15) is 0 Å². The summed E-state index contributed by atoms with van der Waals surface area (Å²) in [6.45, 7) is 1.60. The fraction of sp³-hybridized carbons (Fsp3) is 0.769. The molecule has 0 atom stereocenters. The van der Waals surface area contributed by atoms with Crippen LogP contribution in [0.1, 0.15) is 32.1 Å². The molecular weight excluding hydrogens is 341 g/mol. The highest BCUT2D eigenvalue weighted by Crippen LogP contribution is 2.40. The number of aliphatic hydroxyl groups excluding tert-OH is 1. The molecule has 0 aromatic carbocycles. The quantitative estimate of drug-likeness (QED) is 0.298. The maximum absolute atomic E-state index is 9.16. The molecule has 1 aliphatic rings. The van der Waals surface area contributed by atoms with Crippen LogP contribution in [-0.2, 0) is 0 Å². The van der Waals surface area contributed by atoms with Gasteiger partial charge in [0.05, 0.1) is 6.54 Å². The minimum absolute atomic E-state index is 0. The fourth-order valence-corrected chi connectivity index (χ4v) is 2.50. The highest BCUT2D eigenvalue weighted by atomic mass is 127. The van der Waals surface area contributed by atoms with Crippen molar-refractivity contribution < 1.29 is 5.11 Å². The van der Waals surface area contributed by atoms with Gasteiger partial charge in [0.1, 0.15) is 0 Å². The largest absolute Gasteiger partial charge is 0.396 e. The number of hydrogen-bond donors (Lipinski definition) is 3. The van der Waals surface area contributed by atoms with E-state index < -0.39 is 0 Å². The number of aliphatic imine (C=N–C) groups is 1. The van der Waals surface area contributed by atoms with Crippen molar-refractivity contribution in [1.29, 1.82) is 0 Å². The topological polar surface area (TPSA) is 56.7 Å². The summed E-state index contributed by atoms with van der Waals surface area (Å²) in [5.74, 6) is 3.27. The Hall–Kier alpha value is -0.480. The number of rotatable bonds is 5. The maximum atomic E-state index is 9.16. The van der Waals surface area contributed by atoms with E-state index in [-0.39, 0.29) is 36.0 Å². The molecule has 0 aromatic rings. The highest BCUT2D eigenvalue weighted by molar-refractivity contribution is 14.0. The average Bonchev–Trinajstić information content (AvgIpc) is 2.79. The Balaban J connectivity index is 0.00000289. The van der Waals surface area contributed by atoms with Crippen molar-refractivity contribution in [3.05, 3.63) is 0 Å². The maximum Gasteiger partial charge on any atom is 0.191 e. The number of terminal acetylenes is 1. The van der Waals surface area contributed by atoms with E-state index in [0.717, 1.165) is 18.9 Å². The van der Waals surface area contributed by atoms with Crippen LogP contribution in [-0.4, -0.2) is 37.8 Å². The Bertz CT molecular complexity index is 293. The van der Waals surface area contributed by atoms with Crippen LogP contribution in [0.15, 0.2) is 4.99 Å². The van der Waals surface area contributed by atoms with E-state index in [2.05, 4.69) is 21.5 Å². The van der Waals surface area contributed by atoms with Crippen molar-refractivity contribution in [2.24, 2.45) is 10.4 Å². The standard InChI is InChI=1S/C13H23N3O.HI/c1-3-9-15-12(14-2)16-11-13(8-10-17)6-4-5-7-13;/h1,17H,4-11H2,2H3,(H2,14,15,16);1H. The Morgan fingerprint density at radius 1 is 1.39 bits per heavy atom. The van der Waals surface area contributed by atoms with Crippen LogP contribution in [0.2, 0.25) is 0 Å². The van der Waals surface area contributed by atoms with Gasteiger partial charge in [0.15, 0.2) is 5.96 Å². The van der Waals surface area contributed by atoms with Gasteiger partial charge in [0, 0.05) is 20.2 Å². The lowest BCUT2D eigenvalue weighted by atomic mass is 9.83. The first-order valence-corrected chi connectivity index (χ1v) is 6.25. The van der Waals surface area contributed by atoms with Crippen LogP contribution < -0.4 is 10.6 Å². The van der Waals surface area contributed by atoms with Gasteiger partial charge in [-0.15, -0.1) is 30.4 Å². The van der Waals surface area contributed by atoms with Crippen LogP contribution in [0.4, 0.5) is 0 Å². The zero-order valence-electron chi connectivity index (χ0n) is 11.0. The first-order valence-electron chi connectivity index (χ1n) is 6.25. The van der Waals surface area contributed by atoms with Crippen molar-refractivity contribution in [3.8, 4) is 12.3 Å². The number of aliphatic hydroxyl groups is 1. The van der Waals surface area contributed by atoms with Crippen LogP contribution in [0.3, 0.4) is 0 Å². The number of nitrogens with one attached hydrogen (secondary N) is 2. The lowest BCUT2D eigenvalue weighted by Gasteiger charge is -2.29. The van der Waals surface area contributed by atoms with Gasteiger partial charge in [-0.3, -0.25) is 4.99 Å². The van der Waals surface area contributed by atoms with Crippen molar-refractivity contribution in [3.63, 3.8) is 0 Å². The molecule has 1 rings (SSSR count). The molecule has 0 unspecified atom stereocenters. The summed E-state index contributed by atoms with van der Waals surface area (Å²) in [5, 5.41) is 15.5. The molecule has 3 N–H and O–H groups in total. The molecule has 18 heavy (non-hydrogen) atoms. The van der Waals surface area contributed by atoms with E-state index in [1.807, 2.05) is 0 Å². The van der Waals surface area contributed by atoms with Gasteiger partial charge < -0.3 is 15.7 Å². The smallest absolute Gasteiger partial charge is 0.191 e. The van der Waals surface area contributed by atoms with Crippen molar-refractivity contribution in [2.75, 3.05) is 26.7 Å². The zero-order valence-corrected chi connectivity index (χ0v) is 13.4. The number of halogens is 1. The summed E-state index contributed by atoms with van der Waals surface area (Å²) < 4.78 is 0. The van der Waals surface area contributed by atoms with Gasteiger partial charge in [-0.05, 0) is 24.7 Å². The van der Waals surface area contributed by atoms with Crippen molar-refractivity contribution >= 4 is 29.9 Å². The molecule has 4 nitrogen and oxygen atoms in total. The van der Waals surface area contributed by atoms with E-state index in [9.17, 15) is 0 Å². The molecule has 104 valence electrons. The second-order valence-electron chi connectivity index (χ2n) is 4.66. The lowest BCUT2D eigenvalue weighted by molar-refractivity contribution is 0.185. The Morgan fingerprint density at radius 2 is 2.06 bits per heavy atom. The summed E-state index contributed by atoms with van der Waals surface area (Å²) in [6.07, 6.45) is 11.0.